The first-order valence-electron chi connectivity index (χ1n) is 6.93. The van der Waals surface area contributed by atoms with Crippen molar-refractivity contribution in [3.8, 4) is 0 Å². The van der Waals surface area contributed by atoms with Crippen molar-refractivity contribution in [3.05, 3.63) is 17.6 Å². The van der Waals surface area contributed by atoms with E-state index in [1.165, 1.54) is 0 Å². The topological polar surface area (TPSA) is 80.6 Å². The molecule has 0 radical (unpaired) electrons. The second-order valence-electron chi connectivity index (χ2n) is 4.92. The van der Waals surface area contributed by atoms with Crippen molar-refractivity contribution in [2.45, 2.75) is 44.2 Å². The van der Waals surface area contributed by atoms with Crippen LogP contribution in [0.3, 0.4) is 0 Å². The Labute approximate surface area is 119 Å². The van der Waals surface area contributed by atoms with E-state index in [1.807, 2.05) is 6.92 Å². The van der Waals surface area contributed by atoms with E-state index in [9.17, 15) is 8.42 Å². The van der Waals surface area contributed by atoms with E-state index >= 15 is 0 Å². The summed E-state index contributed by atoms with van der Waals surface area (Å²) in [7, 11) is -3.52. The van der Waals surface area contributed by atoms with E-state index in [0.29, 0.717) is 44.1 Å². The number of furan rings is 1. The molecule has 2 heterocycles. The normalized spacial score (nSPS) is 17.5. The Bertz CT molecular complexity index is 533. The van der Waals surface area contributed by atoms with Gasteiger partial charge >= 0.3 is 0 Å². The fraction of sp³-hybridized carbons (Fsp3) is 0.692. The molecule has 6 nitrogen and oxygen atoms in total. The summed E-state index contributed by atoms with van der Waals surface area (Å²) >= 11 is 0. The Morgan fingerprint density at radius 2 is 2.05 bits per heavy atom. The lowest BCUT2D eigenvalue weighted by molar-refractivity contribution is 0.0832. The Morgan fingerprint density at radius 3 is 2.70 bits per heavy atom. The molecule has 0 bridgehead atoms. The summed E-state index contributed by atoms with van der Waals surface area (Å²) in [6.07, 6.45) is 1.42. The molecule has 0 amide bonds. The third kappa shape index (κ3) is 3.82. The molecule has 1 aromatic heterocycles. The van der Waals surface area contributed by atoms with Crippen LogP contribution in [0, 0.1) is 6.92 Å². The fourth-order valence-electron chi connectivity index (χ4n) is 2.22. The average molecular weight is 302 g/mol. The van der Waals surface area contributed by atoms with Gasteiger partial charge in [0.05, 0.1) is 6.54 Å². The third-order valence-corrected chi connectivity index (χ3v) is 4.93. The molecule has 2 rings (SSSR count). The quantitative estimate of drug-likeness (QED) is 0.824. The van der Waals surface area contributed by atoms with E-state index in [4.69, 9.17) is 9.15 Å². The maximum Gasteiger partial charge on any atom is 0.244 e. The van der Waals surface area contributed by atoms with Crippen LogP contribution in [0.2, 0.25) is 0 Å². The molecule has 0 atom stereocenters. The van der Waals surface area contributed by atoms with Crippen molar-refractivity contribution in [3.63, 3.8) is 0 Å². The highest BCUT2D eigenvalue weighted by atomic mass is 32.2. The zero-order valence-corrected chi connectivity index (χ0v) is 12.8. The first-order chi connectivity index (χ1) is 9.53. The van der Waals surface area contributed by atoms with Gasteiger partial charge in [-0.1, -0.05) is 6.92 Å². The molecule has 7 heteroatoms. The van der Waals surface area contributed by atoms with Gasteiger partial charge in [-0.25, -0.2) is 13.1 Å². The van der Waals surface area contributed by atoms with Crippen molar-refractivity contribution in [1.82, 2.24) is 10.0 Å². The summed E-state index contributed by atoms with van der Waals surface area (Å²) in [5.41, 5.74) is 0. The molecule has 1 aliphatic heterocycles. The highest BCUT2D eigenvalue weighted by Gasteiger charge is 2.25. The van der Waals surface area contributed by atoms with E-state index < -0.39 is 10.0 Å². The number of hydrogen-bond donors (Lipinski definition) is 2. The molecule has 114 valence electrons. The van der Waals surface area contributed by atoms with Crippen molar-refractivity contribution in [2.24, 2.45) is 0 Å². The monoisotopic (exact) mass is 302 g/mol. The Balaban J connectivity index is 2.09. The molecule has 1 saturated heterocycles. The van der Waals surface area contributed by atoms with Crippen LogP contribution in [-0.2, 0) is 21.3 Å². The van der Waals surface area contributed by atoms with Crippen LogP contribution in [-0.4, -0.2) is 34.2 Å². The summed E-state index contributed by atoms with van der Waals surface area (Å²) < 4.78 is 38.2. The predicted molar refractivity (Wildman–Crippen MR) is 75.0 cm³/mol. The van der Waals surface area contributed by atoms with Gasteiger partial charge < -0.3 is 14.5 Å². The lowest BCUT2D eigenvalue weighted by atomic mass is 10.1. The van der Waals surface area contributed by atoms with Crippen LogP contribution in [0.25, 0.3) is 0 Å². The molecule has 1 aliphatic rings. The van der Waals surface area contributed by atoms with Gasteiger partial charge in [-0.15, -0.1) is 0 Å². The fourth-order valence-corrected chi connectivity index (χ4v) is 3.73. The summed E-state index contributed by atoms with van der Waals surface area (Å²) in [5, 5.41) is 3.11. The summed E-state index contributed by atoms with van der Waals surface area (Å²) in [6.45, 7) is 6.20. The van der Waals surface area contributed by atoms with Crippen molar-refractivity contribution >= 4 is 10.0 Å². The van der Waals surface area contributed by atoms with Crippen molar-refractivity contribution in [2.75, 3.05) is 19.8 Å². The Morgan fingerprint density at radius 1 is 1.35 bits per heavy atom. The molecule has 2 N–H and O–H groups in total. The zero-order chi connectivity index (χ0) is 14.6. The van der Waals surface area contributed by atoms with Gasteiger partial charge in [0.1, 0.15) is 16.4 Å². The predicted octanol–water partition coefficient (Wildman–Crippen LogP) is 1.15. The molecule has 0 spiro atoms. The molecule has 1 aromatic rings. The van der Waals surface area contributed by atoms with Gasteiger partial charge in [-0.05, 0) is 26.3 Å². The number of ether oxygens (including phenoxy) is 1. The zero-order valence-electron chi connectivity index (χ0n) is 11.9. The highest BCUT2D eigenvalue weighted by Crippen LogP contribution is 2.21. The molecule has 1 fully saturated rings. The Hall–Kier alpha value is -0.890. The van der Waals surface area contributed by atoms with Crippen molar-refractivity contribution in [1.29, 1.82) is 0 Å². The van der Waals surface area contributed by atoms with Crippen LogP contribution in [0.1, 0.15) is 31.3 Å². The van der Waals surface area contributed by atoms with Crippen LogP contribution < -0.4 is 10.0 Å². The van der Waals surface area contributed by atoms with Gasteiger partial charge in [-0.3, -0.25) is 0 Å². The lowest BCUT2D eigenvalue weighted by Crippen LogP contribution is -2.38. The number of aryl methyl sites for hydroxylation is 1. The lowest BCUT2D eigenvalue weighted by Gasteiger charge is -2.22. The van der Waals surface area contributed by atoms with E-state index in [2.05, 4.69) is 10.0 Å². The average Bonchev–Trinajstić information content (AvgIpc) is 2.79. The van der Waals surface area contributed by atoms with Gasteiger partial charge in [0, 0.05) is 25.3 Å². The molecular weight excluding hydrogens is 280 g/mol. The third-order valence-electron chi connectivity index (χ3n) is 3.31. The molecule has 0 aliphatic carbocycles. The molecule has 0 saturated carbocycles. The SMILES string of the molecule is CCNCc1cc(S(=O)(=O)NC2CCOCC2)c(C)o1. The number of hydrogen-bond acceptors (Lipinski definition) is 5. The van der Waals surface area contributed by atoms with Gasteiger partial charge in [-0.2, -0.15) is 0 Å². The number of sulfonamides is 1. The smallest absolute Gasteiger partial charge is 0.244 e. The molecule has 20 heavy (non-hydrogen) atoms. The minimum Gasteiger partial charge on any atom is -0.464 e. The first-order valence-corrected chi connectivity index (χ1v) is 8.41. The minimum absolute atomic E-state index is 0.0553. The van der Waals surface area contributed by atoms with Crippen molar-refractivity contribution < 1.29 is 17.6 Å². The van der Waals surface area contributed by atoms with Crippen LogP contribution >= 0.6 is 0 Å². The van der Waals surface area contributed by atoms with E-state index in [-0.39, 0.29) is 10.9 Å². The highest BCUT2D eigenvalue weighted by molar-refractivity contribution is 7.89. The van der Waals surface area contributed by atoms with Crippen LogP contribution in [0.4, 0.5) is 0 Å². The summed E-state index contributed by atoms with van der Waals surface area (Å²) in [4.78, 5) is 0.233. The largest absolute Gasteiger partial charge is 0.464 e. The molecule has 0 unspecified atom stereocenters. The van der Waals surface area contributed by atoms with Crippen LogP contribution in [0.15, 0.2) is 15.4 Å². The minimum atomic E-state index is -3.52. The molecular formula is C13H22N2O4S. The second-order valence-corrected chi connectivity index (χ2v) is 6.60. The number of nitrogens with one attached hydrogen (secondary N) is 2. The second kappa shape index (κ2) is 6.71. The standard InChI is InChI=1S/C13H22N2O4S/c1-3-14-9-12-8-13(10(2)19-12)20(16,17)15-11-4-6-18-7-5-11/h8,11,14-15H,3-7,9H2,1-2H3. The Kier molecular flexibility index (Phi) is 5.20. The van der Waals surface area contributed by atoms with E-state index in [0.717, 1.165) is 6.54 Å². The summed E-state index contributed by atoms with van der Waals surface area (Å²) in [6, 6.07) is 1.54. The number of rotatable bonds is 6. The van der Waals surface area contributed by atoms with Gasteiger partial charge in [0.2, 0.25) is 10.0 Å². The van der Waals surface area contributed by atoms with Gasteiger partial charge in [0.25, 0.3) is 0 Å². The van der Waals surface area contributed by atoms with Gasteiger partial charge in [0.15, 0.2) is 0 Å². The maximum absolute atomic E-state index is 12.4. The molecule has 0 aromatic carbocycles. The summed E-state index contributed by atoms with van der Waals surface area (Å²) in [5.74, 6) is 1.06. The first kappa shape index (κ1) is 15.5. The van der Waals surface area contributed by atoms with Crippen LogP contribution in [0.5, 0.6) is 0 Å². The van der Waals surface area contributed by atoms with E-state index in [1.54, 1.807) is 13.0 Å². The maximum atomic E-state index is 12.4.